The topological polar surface area (TPSA) is 86.9 Å². The monoisotopic (exact) mass is 342 g/mol. The Bertz CT molecular complexity index is 785. The van der Waals surface area contributed by atoms with Crippen LogP contribution < -0.4 is 5.32 Å². The van der Waals surface area contributed by atoms with Gasteiger partial charge in [0.25, 0.3) is 0 Å². The molecule has 1 aliphatic heterocycles. The van der Waals surface area contributed by atoms with Gasteiger partial charge in [0.1, 0.15) is 5.65 Å². The van der Waals surface area contributed by atoms with Gasteiger partial charge >= 0.3 is 12.0 Å². The largest absolute Gasteiger partial charge is 0.481 e. The molecule has 1 saturated carbocycles. The molecule has 0 bridgehead atoms. The molecule has 2 atom stereocenters. The Morgan fingerprint density at radius 2 is 2.28 bits per heavy atom. The Balaban J connectivity index is 1.33. The zero-order chi connectivity index (χ0) is 17.4. The fraction of sp³-hybridized carbons (Fsp3) is 0.500. The minimum atomic E-state index is -0.755. The van der Waals surface area contributed by atoms with Crippen LogP contribution in [-0.4, -0.2) is 51.0 Å². The van der Waals surface area contributed by atoms with E-state index >= 15 is 0 Å². The van der Waals surface area contributed by atoms with E-state index in [4.69, 9.17) is 0 Å². The highest BCUT2D eigenvalue weighted by molar-refractivity contribution is 5.80. The van der Waals surface area contributed by atoms with Gasteiger partial charge in [-0.05, 0) is 30.9 Å². The van der Waals surface area contributed by atoms with Crippen molar-refractivity contribution < 1.29 is 14.7 Å². The summed E-state index contributed by atoms with van der Waals surface area (Å²) in [7, 11) is 0. The quantitative estimate of drug-likeness (QED) is 0.886. The third kappa shape index (κ3) is 2.73. The average Bonchev–Trinajstić information content (AvgIpc) is 3.26. The zero-order valence-electron chi connectivity index (χ0n) is 14.0. The maximum absolute atomic E-state index is 12.4. The Kier molecular flexibility index (Phi) is 3.86. The van der Waals surface area contributed by atoms with E-state index in [1.807, 2.05) is 35.0 Å². The van der Waals surface area contributed by atoms with Gasteiger partial charge < -0.3 is 19.7 Å². The first kappa shape index (κ1) is 15.9. The fourth-order valence-electron chi connectivity index (χ4n) is 4.31. The van der Waals surface area contributed by atoms with Crippen LogP contribution in [0.15, 0.2) is 30.6 Å². The van der Waals surface area contributed by atoms with Crippen LogP contribution in [0.4, 0.5) is 4.79 Å². The van der Waals surface area contributed by atoms with Crippen molar-refractivity contribution in [2.75, 3.05) is 19.6 Å². The van der Waals surface area contributed by atoms with Crippen molar-refractivity contribution in [1.82, 2.24) is 19.6 Å². The van der Waals surface area contributed by atoms with Gasteiger partial charge in [-0.15, -0.1) is 0 Å². The number of carbonyl (C=O) groups is 2. The van der Waals surface area contributed by atoms with E-state index in [0.29, 0.717) is 32.5 Å². The van der Waals surface area contributed by atoms with Gasteiger partial charge in [-0.3, -0.25) is 4.79 Å². The van der Waals surface area contributed by atoms with Crippen molar-refractivity contribution in [2.24, 2.45) is 11.3 Å². The molecule has 2 fully saturated rings. The third-order valence-corrected chi connectivity index (χ3v) is 5.66. The molecular weight excluding hydrogens is 320 g/mol. The third-order valence-electron chi connectivity index (χ3n) is 5.66. The highest BCUT2D eigenvalue weighted by Crippen LogP contribution is 2.48. The van der Waals surface area contributed by atoms with Crippen molar-refractivity contribution in [3.63, 3.8) is 0 Å². The first-order valence-corrected chi connectivity index (χ1v) is 8.77. The van der Waals surface area contributed by atoms with E-state index in [2.05, 4.69) is 10.3 Å². The first-order chi connectivity index (χ1) is 12.1. The SMILES string of the molecule is O=C(NCCc1cn2ccccc2n1)N1C[C@@H]2CCC[C@@]2(C(=O)O)C1. The summed E-state index contributed by atoms with van der Waals surface area (Å²) in [5.41, 5.74) is 1.09. The number of nitrogens with zero attached hydrogens (tertiary/aromatic N) is 3. The summed E-state index contributed by atoms with van der Waals surface area (Å²) in [5, 5.41) is 12.5. The number of hydrogen-bond acceptors (Lipinski definition) is 3. The maximum atomic E-state index is 12.4. The highest BCUT2D eigenvalue weighted by Gasteiger charge is 2.55. The zero-order valence-corrected chi connectivity index (χ0v) is 14.0. The maximum Gasteiger partial charge on any atom is 0.317 e. The number of aromatic nitrogens is 2. The van der Waals surface area contributed by atoms with Gasteiger partial charge in [-0.25, -0.2) is 9.78 Å². The molecule has 7 nitrogen and oxygen atoms in total. The molecule has 25 heavy (non-hydrogen) atoms. The van der Waals surface area contributed by atoms with E-state index in [9.17, 15) is 14.7 Å². The number of carboxylic acid groups (broad SMARTS) is 1. The molecule has 2 N–H and O–H groups in total. The summed E-state index contributed by atoms with van der Waals surface area (Å²) in [6.07, 6.45) is 7.07. The molecule has 0 unspecified atom stereocenters. The molecule has 3 heterocycles. The van der Waals surface area contributed by atoms with Gasteiger partial charge in [0, 0.05) is 38.4 Å². The number of pyridine rings is 1. The molecule has 2 aromatic rings. The second kappa shape index (κ2) is 6.06. The minimum Gasteiger partial charge on any atom is -0.481 e. The normalized spacial score (nSPS) is 25.3. The predicted molar refractivity (Wildman–Crippen MR) is 91.3 cm³/mol. The lowest BCUT2D eigenvalue weighted by molar-refractivity contribution is -0.149. The Hall–Kier alpha value is -2.57. The molecule has 132 valence electrons. The predicted octanol–water partition coefficient (Wildman–Crippen LogP) is 1.77. The molecule has 0 aromatic carbocycles. The molecule has 0 spiro atoms. The van der Waals surface area contributed by atoms with Gasteiger partial charge in [0.15, 0.2) is 0 Å². The number of likely N-dealkylation sites (tertiary alicyclic amines) is 1. The first-order valence-electron chi connectivity index (χ1n) is 8.77. The summed E-state index contributed by atoms with van der Waals surface area (Å²) in [6, 6.07) is 5.66. The number of imidazole rings is 1. The number of fused-ring (bicyclic) bond motifs is 2. The van der Waals surface area contributed by atoms with Crippen LogP contribution in [0.1, 0.15) is 25.0 Å². The summed E-state index contributed by atoms with van der Waals surface area (Å²) in [4.78, 5) is 30.3. The molecule has 0 radical (unpaired) electrons. The van der Waals surface area contributed by atoms with Crippen LogP contribution in [0.25, 0.3) is 5.65 Å². The van der Waals surface area contributed by atoms with Crippen molar-refractivity contribution in [2.45, 2.75) is 25.7 Å². The number of rotatable bonds is 4. The number of carboxylic acids is 1. The van der Waals surface area contributed by atoms with E-state index < -0.39 is 11.4 Å². The number of urea groups is 1. The van der Waals surface area contributed by atoms with Crippen LogP contribution in [0.2, 0.25) is 0 Å². The van der Waals surface area contributed by atoms with Gasteiger partial charge in [-0.2, -0.15) is 0 Å². The minimum absolute atomic E-state index is 0.0918. The summed E-state index contributed by atoms with van der Waals surface area (Å²) < 4.78 is 1.95. The second-order valence-electron chi connectivity index (χ2n) is 7.11. The molecule has 7 heteroatoms. The van der Waals surface area contributed by atoms with Crippen LogP contribution >= 0.6 is 0 Å². The summed E-state index contributed by atoms with van der Waals surface area (Å²) in [6.45, 7) is 1.36. The number of hydrogen-bond donors (Lipinski definition) is 2. The van der Waals surface area contributed by atoms with Gasteiger partial charge in [-0.1, -0.05) is 12.5 Å². The van der Waals surface area contributed by atoms with E-state index in [-0.39, 0.29) is 11.9 Å². The van der Waals surface area contributed by atoms with Gasteiger partial charge in [0.05, 0.1) is 11.1 Å². The number of amides is 2. The average molecular weight is 342 g/mol. The van der Waals surface area contributed by atoms with E-state index in [0.717, 1.165) is 24.2 Å². The standard InChI is InChI=1S/C18H22N4O3/c23-16(24)18-7-3-4-13(18)10-22(12-18)17(25)19-8-6-14-11-21-9-2-1-5-15(21)20-14/h1-2,5,9,11,13H,3-4,6-8,10,12H2,(H,19,25)(H,23,24)/t13-,18+/m0/s1. The Morgan fingerprint density at radius 3 is 3.04 bits per heavy atom. The summed E-state index contributed by atoms with van der Waals surface area (Å²) >= 11 is 0. The molecule has 2 aliphatic rings. The molecule has 4 rings (SSSR count). The lowest BCUT2D eigenvalue weighted by atomic mass is 9.81. The van der Waals surface area contributed by atoms with Gasteiger partial charge in [0.2, 0.25) is 0 Å². The van der Waals surface area contributed by atoms with E-state index in [1.54, 1.807) is 4.90 Å². The van der Waals surface area contributed by atoms with Crippen LogP contribution in [0.3, 0.4) is 0 Å². The summed E-state index contributed by atoms with van der Waals surface area (Å²) in [5.74, 6) is -0.663. The lowest BCUT2D eigenvalue weighted by Gasteiger charge is -2.23. The molecule has 2 amide bonds. The van der Waals surface area contributed by atoms with Crippen molar-refractivity contribution >= 4 is 17.6 Å². The fourth-order valence-corrected chi connectivity index (χ4v) is 4.31. The lowest BCUT2D eigenvalue weighted by Crippen LogP contribution is -2.42. The Labute approximate surface area is 145 Å². The highest BCUT2D eigenvalue weighted by atomic mass is 16.4. The van der Waals surface area contributed by atoms with Crippen LogP contribution in [0, 0.1) is 11.3 Å². The van der Waals surface area contributed by atoms with Crippen molar-refractivity contribution in [3.05, 3.63) is 36.3 Å². The number of aliphatic carboxylic acids is 1. The molecule has 1 saturated heterocycles. The Morgan fingerprint density at radius 1 is 1.40 bits per heavy atom. The number of carbonyl (C=O) groups excluding carboxylic acids is 1. The smallest absolute Gasteiger partial charge is 0.317 e. The van der Waals surface area contributed by atoms with Crippen LogP contribution in [0.5, 0.6) is 0 Å². The molecule has 2 aromatic heterocycles. The van der Waals surface area contributed by atoms with Crippen LogP contribution in [-0.2, 0) is 11.2 Å². The second-order valence-corrected chi connectivity index (χ2v) is 7.11. The van der Waals surface area contributed by atoms with Crippen molar-refractivity contribution in [3.8, 4) is 0 Å². The van der Waals surface area contributed by atoms with Crippen molar-refractivity contribution in [1.29, 1.82) is 0 Å². The molecule has 1 aliphatic carbocycles. The van der Waals surface area contributed by atoms with E-state index in [1.165, 1.54) is 0 Å². The number of nitrogens with one attached hydrogen (secondary N) is 1. The molecular formula is C18H22N4O3.